The molecule has 1 fully saturated rings. The van der Waals surface area contributed by atoms with Gasteiger partial charge in [-0.25, -0.2) is 0 Å². The van der Waals surface area contributed by atoms with Crippen molar-refractivity contribution in [2.24, 2.45) is 0 Å². The number of carbonyl (C=O) groups is 1. The van der Waals surface area contributed by atoms with E-state index < -0.39 is 0 Å². The Morgan fingerprint density at radius 2 is 2.16 bits per heavy atom. The molecule has 1 aromatic carbocycles. The predicted molar refractivity (Wildman–Crippen MR) is 97.9 cm³/mol. The van der Waals surface area contributed by atoms with E-state index >= 15 is 0 Å². The molecule has 1 aromatic heterocycles. The molecule has 3 rings (SSSR count). The summed E-state index contributed by atoms with van der Waals surface area (Å²) in [5.41, 5.74) is 1.27. The fourth-order valence-electron chi connectivity index (χ4n) is 2.83. The minimum atomic E-state index is -0.242. The summed E-state index contributed by atoms with van der Waals surface area (Å²) in [6.45, 7) is 4.23. The first-order valence-electron chi connectivity index (χ1n) is 8.23. The van der Waals surface area contributed by atoms with Gasteiger partial charge in [-0.3, -0.25) is 9.69 Å². The van der Waals surface area contributed by atoms with E-state index in [1.807, 2.05) is 17.5 Å². The van der Waals surface area contributed by atoms with Crippen molar-refractivity contribution < 1.29 is 19.4 Å². The Morgan fingerprint density at radius 1 is 1.36 bits per heavy atom. The molecule has 1 aliphatic heterocycles. The second kappa shape index (κ2) is 8.33. The topological polar surface area (TPSA) is 71.0 Å². The molecule has 0 unspecified atom stereocenters. The average Bonchev–Trinajstić information content (AvgIpc) is 3.17. The summed E-state index contributed by atoms with van der Waals surface area (Å²) in [5, 5.41) is 15.1. The third kappa shape index (κ3) is 4.31. The number of benzene rings is 1. The second-order valence-corrected chi connectivity index (χ2v) is 6.74. The van der Waals surface area contributed by atoms with Gasteiger partial charge in [0, 0.05) is 19.6 Å². The molecule has 134 valence electrons. The van der Waals surface area contributed by atoms with Crippen LogP contribution in [0.1, 0.15) is 15.2 Å². The SMILES string of the molecule is COc1c(CCN2CCOCC2)ccc(NC(=O)c2cccs2)c1O. The van der Waals surface area contributed by atoms with Gasteiger partial charge in [-0.15, -0.1) is 11.3 Å². The van der Waals surface area contributed by atoms with Crippen molar-refractivity contribution in [1.82, 2.24) is 4.90 Å². The standard InChI is InChI=1S/C18H22N2O4S/c1-23-17-13(6-7-20-8-10-24-11-9-20)4-5-14(16(17)21)19-18(22)15-3-2-12-25-15/h2-5,12,21H,6-11H2,1H3,(H,19,22). The third-order valence-electron chi connectivity index (χ3n) is 4.21. The first-order chi connectivity index (χ1) is 12.2. The van der Waals surface area contributed by atoms with Crippen molar-refractivity contribution in [2.75, 3.05) is 45.3 Å². The average molecular weight is 362 g/mol. The third-order valence-corrected chi connectivity index (χ3v) is 5.08. The van der Waals surface area contributed by atoms with Gasteiger partial charge in [0.2, 0.25) is 0 Å². The van der Waals surface area contributed by atoms with Crippen LogP contribution in [0.25, 0.3) is 0 Å². The molecular formula is C18H22N2O4S. The lowest BCUT2D eigenvalue weighted by molar-refractivity contribution is 0.0384. The zero-order valence-corrected chi connectivity index (χ0v) is 15.0. The fourth-order valence-corrected chi connectivity index (χ4v) is 3.45. The smallest absolute Gasteiger partial charge is 0.265 e. The minimum absolute atomic E-state index is 0.0353. The van der Waals surface area contributed by atoms with E-state index in [0.29, 0.717) is 16.3 Å². The Balaban J connectivity index is 1.70. The number of ether oxygens (including phenoxy) is 2. The molecule has 2 N–H and O–H groups in total. The summed E-state index contributed by atoms with van der Waals surface area (Å²) < 4.78 is 10.7. The Morgan fingerprint density at radius 3 is 2.84 bits per heavy atom. The summed E-state index contributed by atoms with van der Waals surface area (Å²) in [6.07, 6.45) is 0.760. The molecule has 25 heavy (non-hydrogen) atoms. The highest BCUT2D eigenvalue weighted by atomic mass is 32.1. The van der Waals surface area contributed by atoms with Gasteiger partial charge in [0.25, 0.3) is 5.91 Å². The number of thiophene rings is 1. The van der Waals surface area contributed by atoms with Crippen LogP contribution in [0.2, 0.25) is 0 Å². The van der Waals surface area contributed by atoms with E-state index in [9.17, 15) is 9.90 Å². The monoisotopic (exact) mass is 362 g/mol. The number of nitrogens with one attached hydrogen (secondary N) is 1. The zero-order chi connectivity index (χ0) is 17.6. The summed E-state index contributed by atoms with van der Waals surface area (Å²) >= 11 is 1.35. The molecule has 7 heteroatoms. The Kier molecular flexibility index (Phi) is 5.91. The number of morpholine rings is 1. The predicted octanol–water partition coefficient (Wildman–Crippen LogP) is 2.59. The van der Waals surface area contributed by atoms with Crippen LogP contribution in [0.4, 0.5) is 5.69 Å². The molecule has 2 aromatic rings. The lowest BCUT2D eigenvalue weighted by Gasteiger charge is -2.26. The molecule has 1 amide bonds. The number of aromatic hydroxyl groups is 1. The summed E-state index contributed by atoms with van der Waals surface area (Å²) in [5.74, 6) is 0.137. The van der Waals surface area contributed by atoms with Gasteiger partial charge >= 0.3 is 0 Å². The molecule has 0 saturated carbocycles. The first kappa shape index (κ1) is 17.7. The van der Waals surface area contributed by atoms with Crippen LogP contribution in [0, 0.1) is 0 Å². The summed E-state index contributed by atoms with van der Waals surface area (Å²) in [6, 6.07) is 7.17. The molecule has 0 aliphatic carbocycles. The molecular weight excluding hydrogens is 340 g/mol. The van der Waals surface area contributed by atoms with Crippen LogP contribution in [-0.4, -0.2) is 55.9 Å². The van der Waals surface area contributed by atoms with Gasteiger partial charge in [0.1, 0.15) is 0 Å². The van der Waals surface area contributed by atoms with E-state index in [1.165, 1.54) is 18.4 Å². The molecule has 2 heterocycles. The second-order valence-electron chi connectivity index (χ2n) is 5.79. The zero-order valence-electron chi connectivity index (χ0n) is 14.2. The number of anilines is 1. The number of methoxy groups -OCH3 is 1. The van der Waals surface area contributed by atoms with Crippen molar-refractivity contribution in [3.05, 3.63) is 40.1 Å². The van der Waals surface area contributed by atoms with E-state index in [2.05, 4.69) is 10.2 Å². The molecule has 0 bridgehead atoms. The molecule has 1 saturated heterocycles. The highest BCUT2D eigenvalue weighted by Gasteiger charge is 2.17. The number of phenolic OH excluding ortho intramolecular Hbond substituents is 1. The molecule has 1 aliphatic rings. The van der Waals surface area contributed by atoms with E-state index in [-0.39, 0.29) is 11.7 Å². The van der Waals surface area contributed by atoms with Crippen molar-refractivity contribution >= 4 is 22.9 Å². The molecule has 6 nitrogen and oxygen atoms in total. The van der Waals surface area contributed by atoms with Gasteiger partial charge in [0.05, 0.1) is 30.9 Å². The van der Waals surface area contributed by atoms with Crippen LogP contribution < -0.4 is 10.1 Å². The van der Waals surface area contributed by atoms with Crippen molar-refractivity contribution in [2.45, 2.75) is 6.42 Å². The summed E-state index contributed by atoms with van der Waals surface area (Å²) in [4.78, 5) is 15.1. The molecule has 0 radical (unpaired) electrons. The Hall–Kier alpha value is -2.09. The van der Waals surface area contributed by atoms with Crippen LogP contribution in [0.3, 0.4) is 0 Å². The highest BCUT2D eigenvalue weighted by molar-refractivity contribution is 7.12. The van der Waals surface area contributed by atoms with Gasteiger partial charge < -0.3 is 19.9 Å². The number of carbonyl (C=O) groups excluding carboxylic acids is 1. The quantitative estimate of drug-likeness (QED) is 0.773. The Labute approximate surface area is 151 Å². The lowest BCUT2D eigenvalue weighted by atomic mass is 10.1. The largest absolute Gasteiger partial charge is 0.503 e. The highest BCUT2D eigenvalue weighted by Crippen LogP contribution is 2.38. The number of amides is 1. The van der Waals surface area contributed by atoms with Gasteiger partial charge in [-0.2, -0.15) is 0 Å². The number of hydrogen-bond acceptors (Lipinski definition) is 6. The van der Waals surface area contributed by atoms with Crippen molar-refractivity contribution in [1.29, 1.82) is 0 Å². The Bertz CT molecular complexity index is 712. The van der Waals surface area contributed by atoms with E-state index in [0.717, 1.165) is 44.8 Å². The summed E-state index contributed by atoms with van der Waals surface area (Å²) in [7, 11) is 1.53. The van der Waals surface area contributed by atoms with Crippen LogP contribution in [-0.2, 0) is 11.2 Å². The van der Waals surface area contributed by atoms with E-state index in [4.69, 9.17) is 9.47 Å². The van der Waals surface area contributed by atoms with Crippen molar-refractivity contribution in [3.8, 4) is 11.5 Å². The molecule has 0 atom stereocenters. The number of rotatable bonds is 6. The number of nitrogens with zero attached hydrogens (tertiary/aromatic N) is 1. The fraction of sp³-hybridized carbons (Fsp3) is 0.389. The van der Waals surface area contributed by atoms with Gasteiger partial charge in [-0.05, 0) is 29.5 Å². The maximum atomic E-state index is 12.2. The maximum absolute atomic E-state index is 12.2. The minimum Gasteiger partial charge on any atom is -0.503 e. The van der Waals surface area contributed by atoms with E-state index in [1.54, 1.807) is 12.1 Å². The van der Waals surface area contributed by atoms with Gasteiger partial charge in [-0.1, -0.05) is 12.1 Å². The normalized spacial score (nSPS) is 15.1. The van der Waals surface area contributed by atoms with Crippen LogP contribution >= 0.6 is 11.3 Å². The van der Waals surface area contributed by atoms with Crippen molar-refractivity contribution in [3.63, 3.8) is 0 Å². The maximum Gasteiger partial charge on any atom is 0.265 e. The van der Waals surface area contributed by atoms with Gasteiger partial charge in [0.15, 0.2) is 11.5 Å². The first-order valence-corrected chi connectivity index (χ1v) is 9.11. The van der Waals surface area contributed by atoms with Crippen LogP contribution in [0.15, 0.2) is 29.6 Å². The number of hydrogen-bond donors (Lipinski definition) is 2. The molecule has 0 spiro atoms. The number of phenols is 1. The lowest BCUT2D eigenvalue weighted by Crippen LogP contribution is -2.37. The van der Waals surface area contributed by atoms with Crippen LogP contribution in [0.5, 0.6) is 11.5 Å².